The van der Waals surface area contributed by atoms with Crippen LogP contribution in [0.5, 0.6) is 5.75 Å². The summed E-state index contributed by atoms with van der Waals surface area (Å²) < 4.78 is 5.33. The first-order valence-electron chi connectivity index (χ1n) is 6.48. The van der Waals surface area contributed by atoms with Gasteiger partial charge in [0.05, 0.1) is 5.02 Å². The maximum Gasteiger partial charge on any atom is 0.321 e. The lowest BCUT2D eigenvalue weighted by molar-refractivity contribution is 0.100. The van der Waals surface area contributed by atoms with Gasteiger partial charge in [0.2, 0.25) is 5.91 Å². The lowest BCUT2D eigenvalue weighted by Gasteiger charge is -2.10. The number of ether oxygens (including phenoxy) is 1. The number of halogens is 2. The predicted octanol–water partition coefficient (Wildman–Crippen LogP) is 3.25. The average molecular weight is 354 g/mol. The minimum Gasteiger partial charge on any atom is -0.472 e. The maximum atomic E-state index is 11.7. The number of benzene rings is 2. The standard InChI is InChI=1S/C15H13Cl2N3O3/c16-10-3-6-13(12(17)7-10)23-8-19-15(22)20-11-4-1-9(2-5-11)14(18)21/h1-7H,8H2,(H2,18,21)(H2,19,20,22). The monoisotopic (exact) mass is 353 g/mol. The van der Waals surface area contributed by atoms with Crippen LogP contribution in [0.25, 0.3) is 0 Å². The number of carbonyl (C=O) groups is 2. The zero-order valence-electron chi connectivity index (χ0n) is 11.8. The highest BCUT2D eigenvalue weighted by Crippen LogP contribution is 2.27. The Morgan fingerprint density at radius 3 is 2.39 bits per heavy atom. The van der Waals surface area contributed by atoms with Gasteiger partial charge in [-0.15, -0.1) is 0 Å². The molecular formula is C15H13Cl2N3O3. The highest BCUT2D eigenvalue weighted by Gasteiger charge is 2.05. The fraction of sp³-hybridized carbons (Fsp3) is 0.0667. The van der Waals surface area contributed by atoms with Crippen molar-refractivity contribution in [2.45, 2.75) is 0 Å². The summed E-state index contributed by atoms with van der Waals surface area (Å²) >= 11 is 11.7. The van der Waals surface area contributed by atoms with Gasteiger partial charge in [-0.1, -0.05) is 23.2 Å². The van der Waals surface area contributed by atoms with Crippen LogP contribution in [0.3, 0.4) is 0 Å². The van der Waals surface area contributed by atoms with Crippen molar-refractivity contribution in [1.29, 1.82) is 0 Å². The average Bonchev–Trinajstić information content (AvgIpc) is 2.50. The Bertz CT molecular complexity index is 720. The number of rotatable bonds is 5. The maximum absolute atomic E-state index is 11.7. The molecule has 0 aliphatic rings. The minimum atomic E-state index is -0.533. The van der Waals surface area contributed by atoms with Gasteiger partial charge in [-0.2, -0.15) is 0 Å². The van der Waals surface area contributed by atoms with Gasteiger partial charge in [0, 0.05) is 16.3 Å². The van der Waals surface area contributed by atoms with Crippen LogP contribution < -0.4 is 21.1 Å². The van der Waals surface area contributed by atoms with E-state index in [0.717, 1.165) is 0 Å². The van der Waals surface area contributed by atoms with E-state index < -0.39 is 11.9 Å². The molecule has 23 heavy (non-hydrogen) atoms. The number of carbonyl (C=O) groups excluding carboxylic acids is 2. The quantitative estimate of drug-likeness (QED) is 0.720. The van der Waals surface area contributed by atoms with Crippen molar-refractivity contribution in [3.8, 4) is 5.75 Å². The number of amides is 3. The van der Waals surface area contributed by atoms with E-state index in [1.807, 2.05) is 0 Å². The molecule has 0 saturated heterocycles. The molecule has 0 aliphatic carbocycles. The van der Waals surface area contributed by atoms with Crippen molar-refractivity contribution in [3.05, 3.63) is 58.1 Å². The molecule has 0 aromatic heterocycles. The number of primary amides is 1. The molecule has 2 aromatic carbocycles. The van der Waals surface area contributed by atoms with E-state index in [0.29, 0.717) is 27.0 Å². The van der Waals surface area contributed by atoms with Gasteiger partial charge in [0.15, 0.2) is 6.73 Å². The Balaban J connectivity index is 1.82. The Kier molecular flexibility index (Phi) is 5.67. The summed E-state index contributed by atoms with van der Waals surface area (Å²) in [7, 11) is 0. The van der Waals surface area contributed by atoms with Crippen molar-refractivity contribution in [3.63, 3.8) is 0 Å². The summed E-state index contributed by atoms with van der Waals surface area (Å²) in [6.07, 6.45) is 0. The predicted molar refractivity (Wildman–Crippen MR) is 89.1 cm³/mol. The zero-order valence-corrected chi connectivity index (χ0v) is 13.3. The van der Waals surface area contributed by atoms with Gasteiger partial charge < -0.3 is 21.1 Å². The van der Waals surface area contributed by atoms with Crippen LogP contribution in [0.2, 0.25) is 10.0 Å². The summed E-state index contributed by atoms with van der Waals surface area (Å²) in [6, 6.07) is 10.5. The summed E-state index contributed by atoms with van der Waals surface area (Å²) in [4.78, 5) is 22.7. The van der Waals surface area contributed by atoms with E-state index >= 15 is 0 Å². The molecule has 4 N–H and O–H groups in total. The summed E-state index contributed by atoms with van der Waals surface area (Å²) in [5.41, 5.74) is 6.00. The number of hydrogen-bond donors (Lipinski definition) is 3. The van der Waals surface area contributed by atoms with Crippen molar-refractivity contribution in [2.75, 3.05) is 12.0 Å². The number of hydrogen-bond acceptors (Lipinski definition) is 3. The van der Waals surface area contributed by atoms with Crippen LogP contribution in [0.1, 0.15) is 10.4 Å². The fourth-order valence-electron chi connectivity index (χ4n) is 1.66. The molecule has 0 aliphatic heterocycles. The lowest BCUT2D eigenvalue weighted by Crippen LogP contribution is -2.32. The molecule has 0 radical (unpaired) electrons. The molecule has 0 spiro atoms. The fourth-order valence-corrected chi connectivity index (χ4v) is 2.13. The number of nitrogens with two attached hydrogens (primary N) is 1. The highest BCUT2D eigenvalue weighted by molar-refractivity contribution is 6.35. The molecular weight excluding hydrogens is 341 g/mol. The van der Waals surface area contributed by atoms with E-state index in [1.54, 1.807) is 30.3 Å². The van der Waals surface area contributed by atoms with E-state index in [-0.39, 0.29) is 6.73 Å². The lowest BCUT2D eigenvalue weighted by atomic mass is 10.2. The van der Waals surface area contributed by atoms with E-state index in [4.69, 9.17) is 33.7 Å². The molecule has 0 fully saturated rings. The van der Waals surface area contributed by atoms with Crippen LogP contribution in [0, 0.1) is 0 Å². The van der Waals surface area contributed by atoms with Crippen molar-refractivity contribution < 1.29 is 14.3 Å². The number of urea groups is 1. The van der Waals surface area contributed by atoms with Gasteiger partial charge in [-0.05, 0) is 42.5 Å². The zero-order chi connectivity index (χ0) is 16.8. The Labute approximate surface area is 142 Å². The highest BCUT2D eigenvalue weighted by atomic mass is 35.5. The number of nitrogens with one attached hydrogen (secondary N) is 2. The van der Waals surface area contributed by atoms with Gasteiger partial charge in [-0.25, -0.2) is 4.79 Å². The smallest absolute Gasteiger partial charge is 0.321 e. The largest absolute Gasteiger partial charge is 0.472 e. The molecule has 0 saturated carbocycles. The molecule has 0 heterocycles. The van der Waals surface area contributed by atoms with Gasteiger partial charge >= 0.3 is 6.03 Å². The first-order chi connectivity index (χ1) is 11.0. The second-order valence-electron chi connectivity index (χ2n) is 4.44. The molecule has 120 valence electrons. The molecule has 3 amide bonds. The van der Waals surface area contributed by atoms with Crippen LogP contribution in [0.4, 0.5) is 10.5 Å². The third kappa shape index (κ3) is 5.05. The Morgan fingerprint density at radius 2 is 1.78 bits per heavy atom. The first kappa shape index (κ1) is 16.9. The molecule has 2 rings (SSSR count). The molecule has 8 heteroatoms. The topological polar surface area (TPSA) is 93.5 Å². The molecule has 0 unspecified atom stereocenters. The summed E-state index contributed by atoms with van der Waals surface area (Å²) in [5.74, 6) is -0.128. The Morgan fingerprint density at radius 1 is 1.09 bits per heavy atom. The molecule has 2 aromatic rings. The van der Waals surface area contributed by atoms with Crippen molar-refractivity contribution in [1.82, 2.24) is 5.32 Å². The SMILES string of the molecule is NC(=O)c1ccc(NC(=O)NCOc2ccc(Cl)cc2Cl)cc1. The van der Waals surface area contributed by atoms with Gasteiger partial charge in [0.1, 0.15) is 5.75 Å². The summed E-state index contributed by atoms with van der Waals surface area (Å²) in [6.45, 7) is -0.0768. The second-order valence-corrected chi connectivity index (χ2v) is 5.28. The van der Waals surface area contributed by atoms with Gasteiger partial charge in [0.25, 0.3) is 0 Å². The van der Waals surface area contributed by atoms with Crippen LogP contribution in [-0.2, 0) is 0 Å². The van der Waals surface area contributed by atoms with E-state index in [1.165, 1.54) is 12.1 Å². The van der Waals surface area contributed by atoms with Crippen LogP contribution >= 0.6 is 23.2 Å². The third-order valence-electron chi connectivity index (χ3n) is 2.78. The Hall–Kier alpha value is -2.44. The molecule has 0 atom stereocenters. The summed E-state index contributed by atoms with van der Waals surface area (Å²) in [5, 5.41) is 5.93. The molecule has 0 bridgehead atoms. The van der Waals surface area contributed by atoms with Crippen LogP contribution in [-0.4, -0.2) is 18.7 Å². The first-order valence-corrected chi connectivity index (χ1v) is 7.24. The van der Waals surface area contributed by atoms with Gasteiger partial charge in [-0.3, -0.25) is 4.79 Å². The van der Waals surface area contributed by atoms with E-state index in [2.05, 4.69) is 10.6 Å². The van der Waals surface area contributed by atoms with Crippen LogP contribution in [0.15, 0.2) is 42.5 Å². The third-order valence-corrected chi connectivity index (χ3v) is 3.31. The molecule has 6 nitrogen and oxygen atoms in total. The number of anilines is 1. The normalized spacial score (nSPS) is 10.0. The minimum absolute atomic E-state index is 0.0768. The van der Waals surface area contributed by atoms with E-state index in [9.17, 15) is 9.59 Å². The van der Waals surface area contributed by atoms with Crippen molar-refractivity contribution in [2.24, 2.45) is 5.73 Å². The van der Waals surface area contributed by atoms with Crippen molar-refractivity contribution >= 4 is 40.8 Å². The second kappa shape index (κ2) is 7.71.